The van der Waals surface area contributed by atoms with Crippen LogP contribution in [0.1, 0.15) is 46.1 Å². The minimum Gasteiger partial charge on any atom is -0.345 e. The number of nitrogens with zero attached hydrogens (tertiary/aromatic N) is 1. The van der Waals surface area contributed by atoms with Crippen molar-refractivity contribution in [3.63, 3.8) is 0 Å². The number of rotatable bonds is 7. The van der Waals surface area contributed by atoms with Crippen molar-refractivity contribution in [1.82, 2.24) is 15.6 Å². The highest BCUT2D eigenvalue weighted by atomic mass is 16.2. The topological polar surface area (TPSA) is 71.1 Å². The average molecular weight is 291 g/mol. The highest BCUT2D eigenvalue weighted by Crippen LogP contribution is 2.07. The third kappa shape index (κ3) is 6.49. The zero-order valence-corrected chi connectivity index (χ0v) is 13.3. The predicted molar refractivity (Wildman–Crippen MR) is 82.7 cm³/mol. The first-order chi connectivity index (χ1) is 9.83. The van der Waals surface area contributed by atoms with Crippen LogP contribution < -0.4 is 10.6 Å². The van der Waals surface area contributed by atoms with Crippen molar-refractivity contribution in [3.05, 3.63) is 30.1 Å². The van der Waals surface area contributed by atoms with Gasteiger partial charge < -0.3 is 10.6 Å². The normalized spacial score (nSPS) is 12.8. The molecule has 1 atom stereocenters. The molecule has 0 bridgehead atoms. The monoisotopic (exact) mass is 291 g/mol. The zero-order chi connectivity index (χ0) is 15.9. The highest BCUT2D eigenvalue weighted by Gasteiger charge is 2.27. The van der Waals surface area contributed by atoms with E-state index in [1.807, 2.05) is 39.8 Å². The van der Waals surface area contributed by atoms with Gasteiger partial charge in [-0.2, -0.15) is 0 Å². The van der Waals surface area contributed by atoms with Gasteiger partial charge in [-0.3, -0.25) is 14.6 Å². The standard InChI is InChI=1S/C16H25N3O2/c1-5-6-13(19-16(2,3)4)14(20)15(21)18-11-12-7-9-17-10-8-12/h7-10,13,19H,5-6,11H2,1-4H3,(H,18,21). The molecule has 1 unspecified atom stereocenters. The van der Waals surface area contributed by atoms with Crippen LogP contribution in [-0.2, 0) is 16.1 Å². The van der Waals surface area contributed by atoms with Crippen molar-refractivity contribution in [2.45, 2.75) is 58.7 Å². The SMILES string of the molecule is CCCC(NC(C)(C)C)C(=O)C(=O)NCc1ccncc1. The van der Waals surface area contributed by atoms with Crippen LogP contribution in [0.4, 0.5) is 0 Å². The summed E-state index contributed by atoms with van der Waals surface area (Å²) in [5.41, 5.74) is 0.711. The second-order valence-electron chi connectivity index (χ2n) is 6.14. The van der Waals surface area contributed by atoms with Gasteiger partial charge in [-0.15, -0.1) is 0 Å². The zero-order valence-electron chi connectivity index (χ0n) is 13.3. The second kappa shape index (κ2) is 7.88. The number of amides is 1. The average Bonchev–Trinajstić information content (AvgIpc) is 2.43. The molecular weight excluding hydrogens is 266 g/mol. The lowest BCUT2D eigenvalue weighted by Gasteiger charge is -2.27. The van der Waals surface area contributed by atoms with Gasteiger partial charge in [0.15, 0.2) is 0 Å². The first-order valence-corrected chi connectivity index (χ1v) is 7.32. The molecule has 5 heteroatoms. The molecule has 0 aliphatic heterocycles. The molecule has 0 fully saturated rings. The van der Waals surface area contributed by atoms with Crippen LogP contribution in [0.2, 0.25) is 0 Å². The molecule has 0 aliphatic carbocycles. The predicted octanol–water partition coefficient (Wildman–Crippen LogP) is 1.82. The van der Waals surface area contributed by atoms with Crippen molar-refractivity contribution >= 4 is 11.7 Å². The fourth-order valence-electron chi connectivity index (χ4n) is 2.01. The molecule has 0 saturated heterocycles. The van der Waals surface area contributed by atoms with Gasteiger partial charge in [0.2, 0.25) is 5.78 Å². The van der Waals surface area contributed by atoms with Gasteiger partial charge in [-0.1, -0.05) is 13.3 Å². The van der Waals surface area contributed by atoms with Gasteiger partial charge in [0, 0.05) is 24.5 Å². The lowest BCUT2D eigenvalue weighted by molar-refractivity contribution is -0.139. The number of ketones is 1. The molecule has 0 saturated carbocycles. The number of pyridine rings is 1. The van der Waals surface area contributed by atoms with Crippen molar-refractivity contribution < 1.29 is 9.59 Å². The number of carbonyl (C=O) groups is 2. The summed E-state index contributed by atoms with van der Waals surface area (Å²) in [7, 11) is 0. The Morgan fingerprint density at radius 2 is 1.86 bits per heavy atom. The minimum atomic E-state index is -0.540. The Morgan fingerprint density at radius 3 is 2.38 bits per heavy atom. The van der Waals surface area contributed by atoms with Gasteiger partial charge in [-0.25, -0.2) is 0 Å². The number of hydrogen-bond acceptors (Lipinski definition) is 4. The molecular formula is C16H25N3O2. The van der Waals surface area contributed by atoms with E-state index < -0.39 is 17.7 Å². The molecule has 1 aromatic heterocycles. The maximum atomic E-state index is 12.2. The molecule has 21 heavy (non-hydrogen) atoms. The van der Waals surface area contributed by atoms with Crippen LogP contribution >= 0.6 is 0 Å². The van der Waals surface area contributed by atoms with Crippen molar-refractivity contribution in [2.75, 3.05) is 0 Å². The number of nitrogens with one attached hydrogen (secondary N) is 2. The Labute approximate surface area is 126 Å². The van der Waals surface area contributed by atoms with Crippen LogP contribution in [0, 0.1) is 0 Å². The second-order valence-corrected chi connectivity index (χ2v) is 6.14. The van der Waals surface area contributed by atoms with E-state index in [0.717, 1.165) is 12.0 Å². The lowest BCUT2D eigenvalue weighted by atomic mass is 10.0. The number of hydrogen-bond donors (Lipinski definition) is 2. The smallest absolute Gasteiger partial charge is 0.289 e. The first-order valence-electron chi connectivity index (χ1n) is 7.32. The van der Waals surface area contributed by atoms with E-state index in [4.69, 9.17) is 0 Å². The molecule has 1 amide bonds. The Kier molecular flexibility index (Phi) is 6.49. The molecule has 5 nitrogen and oxygen atoms in total. The quantitative estimate of drug-likeness (QED) is 0.752. The van der Waals surface area contributed by atoms with Crippen molar-refractivity contribution in [3.8, 4) is 0 Å². The molecule has 0 spiro atoms. The molecule has 1 heterocycles. The van der Waals surface area contributed by atoms with Crippen LogP contribution in [-0.4, -0.2) is 28.3 Å². The Bertz CT molecular complexity index is 466. The summed E-state index contributed by atoms with van der Waals surface area (Å²) < 4.78 is 0. The maximum absolute atomic E-state index is 12.2. The van der Waals surface area contributed by atoms with Crippen LogP contribution in [0.25, 0.3) is 0 Å². The number of carbonyl (C=O) groups excluding carboxylic acids is 2. The third-order valence-corrected chi connectivity index (χ3v) is 2.93. The molecule has 0 aromatic carbocycles. The van der Waals surface area contributed by atoms with Crippen LogP contribution in [0.5, 0.6) is 0 Å². The summed E-state index contributed by atoms with van der Waals surface area (Å²) in [6.45, 7) is 8.29. The Morgan fingerprint density at radius 1 is 1.24 bits per heavy atom. The van der Waals surface area contributed by atoms with Crippen molar-refractivity contribution in [2.24, 2.45) is 0 Å². The van der Waals surface area contributed by atoms with E-state index in [1.54, 1.807) is 12.4 Å². The summed E-state index contributed by atoms with van der Waals surface area (Å²) in [6, 6.07) is 3.18. The lowest BCUT2D eigenvalue weighted by Crippen LogP contribution is -2.51. The van der Waals surface area contributed by atoms with E-state index >= 15 is 0 Å². The maximum Gasteiger partial charge on any atom is 0.289 e. The van der Waals surface area contributed by atoms with Gasteiger partial charge in [-0.05, 0) is 44.9 Å². The fourth-order valence-corrected chi connectivity index (χ4v) is 2.01. The molecule has 0 aliphatic rings. The molecule has 0 radical (unpaired) electrons. The number of Topliss-reactive ketones (excluding diaryl/α,β-unsaturated/α-hetero) is 1. The largest absolute Gasteiger partial charge is 0.345 e. The molecule has 1 aromatic rings. The van der Waals surface area contributed by atoms with Gasteiger partial charge in [0.25, 0.3) is 5.91 Å². The first kappa shape index (κ1) is 17.3. The van der Waals surface area contributed by atoms with E-state index in [9.17, 15) is 9.59 Å². The Hall–Kier alpha value is -1.75. The molecule has 2 N–H and O–H groups in total. The molecule has 1 rings (SSSR count). The Balaban J connectivity index is 2.59. The van der Waals surface area contributed by atoms with E-state index in [0.29, 0.717) is 13.0 Å². The fraction of sp³-hybridized carbons (Fsp3) is 0.562. The highest BCUT2D eigenvalue weighted by molar-refractivity contribution is 6.38. The van der Waals surface area contributed by atoms with Gasteiger partial charge in [0.05, 0.1) is 6.04 Å². The molecule has 116 valence electrons. The van der Waals surface area contributed by atoms with Gasteiger partial charge in [0.1, 0.15) is 0 Å². The summed E-state index contributed by atoms with van der Waals surface area (Å²) >= 11 is 0. The number of aromatic nitrogens is 1. The van der Waals surface area contributed by atoms with Gasteiger partial charge >= 0.3 is 0 Å². The summed E-state index contributed by atoms with van der Waals surface area (Å²) in [4.78, 5) is 28.2. The van der Waals surface area contributed by atoms with E-state index in [2.05, 4.69) is 15.6 Å². The van der Waals surface area contributed by atoms with Crippen LogP contribution in [0.3, 0.4) is 0 Å². The van der Waals surface area contributed by atoms with E-state index in [1.165, 1.54) is 0 Å². The van der Waals surface area contributed by atoms with E-state index in [-0.39, 0.29) is 5.54 Å². The summed E-state index contributed by atoms with van der Waals surface area (Å²) in [6.07, 6.45) is 4.81. The third-order valence-electron chi connectivity index (χ3n) is 2.93. The van der Waals surface area contributed by atoms with Crippen molar-refractivity contribution in [1.29, 1.82) is 0 Å². The summed E-state index contributed by atoms with van der Waals surface area (Å²) in [5, 5.41) is 5.88. The van der Waals surface area contributed by atoms with Crippen LogP contribution in [0.15, 0.2) is 24.5 Å². The minimum absolute atomic E-state index is 0.207. The summed E-state index contributed by atoms with van der Waals surface area (Å²) in [5.74, 6) is -0.942.